The van der Waals surface area contributed by atoms with E-state index in [1.807, 2.05) is 0 Å². The number of likely N-dealkylation sites (tertiary alicyclic amines) is 1. The molecule has 2 atom stereocenters. The van der Waals surface area contributed by atoms with Crippen molar-refractivity contribution in [3.05, 3.63) is 53.4 Å². The first kappa shape index (κ1) is 24.5. The Morgan fingerprint density at radius 1 is 0.914 bits per heavy atom. The third kappa shape index (κ3) is 6.97. The van der Waals surface area contributed by atoms with E-state index in [1.165, 1.54) is 37.7 Å². The lowest BCUT2D eigenvalue weighted by molar-refractivity contribution is -0.134. The van der Waals surface area contributed by atoms with Crippen molar-refractivity contribution >= 4 is 5.91 Å². The van der Waals surface area contributed by atoms with Gasteiger partial charge in [0.15, 0.2) is 0 Å². The Balaban J connectivity index is 1.09. The van der Waals surface area contributed by atoms with E-state index in [9.17, 15) is 4.79 Å². The van der Waals surface area contributed by atoms with Gasteiger partial charge in [0, 0.05) is 32.0 Å². The van der Waals surface area contributed by atoms with Crippen molar-refractivity contribution in [2.45, 2.75) is 77.0 Å². The van der Waals surface area contributed by atoms with E-state index in [-0.39, 0.29) is 0 Å². The number of benzene rings is 1. The fourth-order valence-electron chi connectivity index (χ4n) is 6.66. The Labute approximate surface area is 211 Å². The molecule has 5 heteroatoms. The first-order valence-electron chi connectivity index (χ1n) is 14.2. The monoisotopic (exact) mass is 477 g/mol. The second kappa shape index (κ2) is 12.2. The minimum Gasteiger partial charge on any atom is -0.361 e. The maximum Gasteiger partial charge on any atom is 0.222 e. The van der Waals surface area contributed by atoms with Crippen LogP contribution in [0.15, 0.2) is 40.9 Å². The predicted molar refractivity (Wildman–Crippen MR) is 139 cm³/mol. The van der Waals surface area contributed by atoms with Gasteiger partial charge in [-0.15, -0.1) is 0 Å². The molecule has 3 aliphatic rings. The zero-order valence-corrected chi connectivity index (χ0v) is 21.3. The van der Waals surface area contributed by atoms with Gasteiger partial charge in [-0.05, 0) is 74.4 Å². The summed E-state index contributed by atoms with van der Waals surface area (Å²) in [6, 6.07) is 13.0. The van der Waals surface area contributed by atoms with Crippen molar-refractivity contribution in [2.24, 2.45) is 23.7 Å². The number of aromatic nitrogens is 1. The summed E-state index contributed by atoms with van der Waals surface area (Å²) in [7, 11) is 0. The lowest BCUT2D eigenvalue weighted by Gasteiger charge is -2.36. The Morgan fingerprint density at radius 3 is 2.49 bits per heavy atom. The molecule has 1 aromatic heterocycles. The highest BCUT2D eigenvalue weighted by molar-refractivity contribution is 5.76. The van der Waals surface area contributed by atoms with Crippen LogP contribution in [0.4, 0.5) is 0 Å². The van der Waals surface area contributed by atoms with Crippen molar-refractivity contribution in [1.82, 2.24) is 15.4 Å². The van der Waals surface area contributed by atoms with Crippen LogP contribution in [-0.4, -0.2) is 42.1 Å². The molecule has 1 amide bonds. The molecule has 3 fully saturated rings. The summed E-state index contributed by atoms with van der Waals surface area (Å²) in [6.07, 6.45) is 13.9. The van der Waals surface area contributed by atoms with E-state index in [0.717, 1.165) is 82.1 Å². The lowest BCUT2D eigenvalue weighted by Crippen LogP contribution is -2.43. The zero-order valence-electron chi connectivity index (χ0n) is 21.3. The van der Waals surface area contributed by atoms with Crippen LogP contribution in [0.1, 0.15) is 74.8 Å². The number of rotatable bonds is 8. The largest absolute Gasteiger partial charge is 0.361 e. The van der Waals surface area contributed by atoms with E-state index in [1.54, 1.807) is 0 Å². The van der Waals surface area contributed by atoms with Crippen molar-refractivity contribution in [3.63, 3.8) is 0 Å². The van der Waals surface area contributed by atoms with Gasteiger partial charge in [0.05, 0.1) is 5.69 Å². The summed E-state index contributed by atoms with van der Waals surface area (Å²) in [5, 5.41) is 7.98. The third-order valence-corrected chi connectivity index (χ3v) is 8.83. The fourth-order valence-corrected chi connectivity index (χ4v) is 6.66. The van der Waals surface area contributed by atoms with Crippen LogP contribution in [0.5, 0.6) is 0 Å². The van der Waals surface area contributed by atoms with Gasteiger partial charge in [-0.3, -0.25) is 4.79 Å². The number of carbonyl (C=O) groups excluding carboxylic acids is 1. The topological polar surface area (TPSA) is 58.4 Å². The first-order chi connectivity index (χ1) is 17.2. The molecule has 0 radical (unpaired) electrons. The van der Waals surface area contributed by atoms with E-state index < -0.39 is 0 Å². The van der Waals surface area contributed by atoms with Crippen LogP contribution in [0.25, 0.3) is 0 Å². The van der Waals surface area contributed by atoms with E-state index >= 15 is 0 Å². The predicted octanol–water partition coefficient (Wildman–Crippen LogP) is 5.44. The highest BCUT2D eigenvalue weighted by atomic mass is 16.5. The molecule has 1 aromatic carbocycles. The number of nitrogens with one attached hydrogen (secondary N) is 1. The molecular weight excluding hydrogens is 434 g/mol. The molecule has 5 rings (SSSR count). The Kier molecular flexibility index (Phi) is 8.56. The summed E-state index contributed by atoms with van der Waals surface area (Å²) in [6.45, 7) is 3.82. The maximum absolute atomic E-state index is 13.2. The molecule has 35 heavy (non-hydrogen) atoms. The van der Waals surface area contributed by atoms with E-state index in [2.05, 4.69) is 51.8 Å². The average molecular weight is 478 g/mol. The highest BCUT2D eigenvalue weighted by Crippen LogP contribution is 2.30. The second-order valence-corrected chi connectivity index (χ2v) is 11.4. The summed E-state index contributed by atoms with van der Waals surface area (Å²) >= 11 is 0. The Morgan fingerprint density at radius 2 is 1.69 bits per heavy atom. The molecule has 190 valence electrons. The molecular formula is C30H43N3O2. The van der Waals surface area contributed by atoms with Crippen molar-refractivity contribution in [3.8, 4) is 0 Å². The molecule has 2 aliphatic heterocycles. The van der Waals surface area contributed by atoms with Gasteiger partial charge in [0.2, 0.25) is 5.91 Å². The first-order valence-corrected chi connectivity index (χ1v) is 14.2. The minimum absolute atomic E-state index is 0.359. The molecule has 0 unspecified atom stereocenters. The minimum atomic E-state index is 0.359. The van der Waals surface area contributed by atoms with Gasteiger partial charge >= 0.3 is 0 Å². The zero-order chi connectivity index (χ0) is 23.9. The van der Waals surface area contributed by atoms with Crippen LogP contribution in [-0.2, 0) is 24.1 Å². The smallest absolute Gasteiger partial charge is 0.222 e. The average Bonchev–Trinajstić information content (AvgIpc) is 3.33. The standard InChI is InChI=1S/C30H43N3O2/c34-30(33-15-12-25(13-16-33)17-23-7-3-1-4-8-23)20-26-11-14-31-22-27(26)19-28-21-29(35-32-28)18-24-9-5-2-6-10-24/h1,3-4,7-8,21,24-27,31H,2,5-6,9-20,22H2/t26-,27+/m1/s1. The lowest BCUT2D eigenvalue weighted by atomic mass is 9.80. The van der Waals surface area contributed by atoms with Gasteiger partial charge in [0.25, 0.3) is 0 Å². The van der Waals surface area contributed by atoms with E-state index in [0.29, 0.717) is 30.1 Å². The van der Waals surface area contributed by atoms with Crippen LogP contribution in [0.3, 0.4) is 0 Å². The maximum atomic E-state index is 13.2. The van der Waals surface area contributed by atoms with Gasteiger partial charge in [-0.1, -0.05) is 67.6 Å². The fraction of sp³-hybridized carbons (Fsp3) is 0.667. The van der Waals surface area contributed by atoms with Crippen molar-refractivity contribution in [2.75, 3.05) is 26.2 Å². The van der Waals surface area contributed by atoms with Crippen molar-refractivity contribution < 1.29 is 9.32 Å². The number of piperidine rings is 2. The Hall–Kier alpha value is -2.14. The number of amides is 1. The summed E-state index contributed by atoms with van der Waals surface area (Å²) in [4.78, 5) is 15.4. The second-order valence-electron chi connectivity index (χ2n) is 11.4. The van der Waals surface area contributed by atoms with Gasteiger partial charge in [-0.2, -0.15) is 0 Å². The summed E-state index contributed by atoms with van der Waals surface area (Å²) in [5.41, 5.74) is 2.49. The molecule has 1 saturated carbocycles. The number of hydrogen-bond acceptors (Lipinski definition) is 4. The van der Waals surface area contributed by atoms with Crippen molar-refractivity contribution in [1.29, 1.82) is 0 Å². The molecule has 1 N–H and O–H groups in total. The molecule has 5 nitrogen and oxygen atoms in total. The molecule has 0 bridgehead atoms. The molecule has 1 aliphatic carbocycles. The Bertz CT molecular complexity index is 913. The molecule has 2 aromatic rings. The number of hydrogen-bond donors (Lipinski definition) is 1. The van der Waals surface area contributed by atoms with Crippen LogP contribution >= 0.6 is 0 Å². The molecule has 2 saturated heterocycles. The van der Waals surface area contributed by atoms with Crippen LogP contribution in [0.2, 0.25) is 0 Å². The van der Waals surface area contributed by atoms with Crippen LogP contribution in [0, 0.1) is 23.7 Å². The number of nitrogens with zero attached hydrogens (tertiary/aromatic N) is 2. The summed E-state index contributed by atoms with van der Waals surface area (Å²) in [5.74, 6) is 3.77. The van der Waals surface area contributed by atoms with E-state index in [4.69, 9.17) is 4.52 Å². The van der Waals surface area contributed by atoms with Gasteiger partial charge in [-0.25, -0.2) is 0 Å². The molecule has 0 spiro atoms. The highest BCUT2D eigenvalue weighted by Gasteiger charge is 2.31. The SMILES string of the molecule is O=C(C[C@H]1CCNC[C@@H]1Cc1cc(CC2CCCCC2)on1)N1CCC(Cc2ccccc2)CC1. The van der Waals surface area contributed by atoms with Crippen LogP contribution < -0.4 is 5.32 Å². The van der Waals surface area contributed by atoms with Gasteiger partial charge in [0.1, 0.15) is 5.76 Å². The number of carbonyl (C=O) groups is 1. The quantitative estimate of drug-likeness (QED) is 0.550. The molecule has 3 heterocycles. The van der Waals surface area contributed by atoms with Gasteiger partial charge < -0.3 is 14.7 Å². The third-order valence-electron chi connectivity index (χ3n) is 8.83. The summed E-state index contributed by atoms with van der Waals surface area (Å²) < 4.78 is 5.73. The normalized spacial score (nSPS) is 24.5.